The smallest absolute Gasteiger partial charge is 0.211 e. The normalized spacial score (nSPS) is 11.3. The lowest BCUT2D eigenvalue weighted by molar-refractivity contribution is 0.768. The molecule has 0 aliphatic heterocycles. The van der Waals surface area contributed by atoms with Crippen molar-refractivity contribution in [1.29, 1.82) is 5.26 Å². The number of hydrogen-bond donors (Lipinski definition) is 0. The molecule has 0 aliphatic carbocycles. The van der Waals surface area contributed by atoms with E-state index >= 15 is 0 Å². The number of benzene rings is 2. The van der Waals surface area contributed by atoms with Gasteiger partial charge in [-0.2, -0.15) is 15.0 Å². The minimum atomic E-state index is 0.626. The summed E-state index contributed by atoms with van der Waals surface area (Å²) in [4.78, 5) is 0. The van der Waals surface area contributed by atoms with Gasteiger partial charge in [-0.3, -0.25) is 0 Å². The van der Waals surface area contributed by atoms with E-state index in [1.165, 1.54) is 11.8 Å². The summed E-state index contributed by atoms with van der Waals surface area (Å²) < 4.78 is 3.80. The summed E-state index contributed by atoms with van der Waals surface area (Å²) in [5.74, 6) is 0. The highest BCUT2D eigenvalue weighted by Crippen LogP contribution is 2.22. The summed E-state index contributed by atoms with van der Waals surface area (Å²) in [5.41, 5.74) is 3.79. The second-order valence-corrected chi connectivity index (χ2v) is 6.68. The van der Waals surface area contributed by atoms with Gasteiger partial charge in [-0.25, -0.2) is 0 Å². The zero-order valence-corrected chi connectivity index (χ0v) is 15.5. The summed E-state index contributed by atoms with van der Waals surface area (Å²) in [7, 11) is 0. The van der Waals surface area contributed by atoms with Crippen LogP contribution in [0.15, 0.2) is 71.3 Å². The molecular weight excluding hydrogens is 356 g/mol. The van der Waals surface area contributed by atoms with Crippen molar-refractivity contribution in [3.05, 3.63) is 77.7 Å². The number of hydrogen-bond acceptors (Lipinski definition) is 5. The Morgan fingerprint density at radius 1 is 1.19 bits per heavy atom. The molecule has 0 N–H and O–H groups in total. The van der Waals surface area contributed by atoms with Crippen molar-refractivity contribution in [2.24, 2.45) is 5.10 Å². The lowest BCUT2D eigenvalue weighted by Gasteiger charge is -2.07. The molecule has 0 saturated heterocycles. The van der Waals surface area contributed by atoms with Gasteiger partial charge in [-0.15, -0.1) is 10.2 Å². The maximum Gasteiger partial charge on any atom is 0.211 e. The average Bonchev–Trinajstić information content (AvgIpc) is 3.31. The Kier molecular flexibility index (Phi) is 4.73. The Hall–Kier alpha value is -3.37. The standard InChI is InChI=1S/C20H16N6S/c1-27-20-24-22-14-26(20)23-11-17-13-25(19-9-5-4-8-18(17)19)12-16-7-3-2-6-15(16)10-21/h2-9,11,13-14H,12H2,1H3/b23-11-. The Bertz CT molecular complexity index is 1160. The van der Waals surface area contributed by atoms with Crippen molar-refractivity contribution in [2.45, 2.75) is 11.7 Å². The molecule has 0 bridgehead atoms. The third-order valence-electron chi connectivity index (χ3n) is 4.30. The highest BCUT2D eigenvalue weighted by Gasteiger charge is 2.09. The summed E-state index contributed by atoms with van der Waals surface area (Å²) in [6.07, 6.45) is 7.41. The minimum Gasteiger partial charge on any atom is -0.342 e. The molecule has 6 nitrogen and oxygen atoms in total. The molecule has 0 fully saturated rings. The first-order valence-electron chi connectivity index (χ1n) is 8.34. The van der Waals surface area contributed by atoms with E-state index in [9.17, 15) is 5.26 Å². The number of para-hydroxylation sites is 1. The van der Waals surface area contributed by atoms with E-state index in [0.29, 0.717) is 12.1 Å². The zero-order valence-electron chi connectivity index (χ0n) is 14.6. The molecular formula is C20H16N6S. The van der Waals surface area contributed by atoms with E-state index in [4.69, 9.17) is 0 Å². The van der Waals surface area contributed by atoms with Gasteiger partial charge in [0.2, 0.25) is 5.16 Å². The molecule has 2 heterocycles. The van der Waals surface area contributed by atoms with Crippen molar-refractivity contribution < 1.29 is 0 Å². The van der Waals surface area contributed by atoms with Crippen molar-refractivity contribution in [1.82, 2.24) is 19.4 Å². The van der Waals surface area contributed by atoms with Crippen LogP contribution in [-0.2, 0) is 6.54 Å². The van der Waals surface area contributed by atoms with E-state index in [1.54, 1.807) is 11.0 Å². The highest BCUT2D eigenvalue weighted by molar-refractivity contribution is 7.98. The molecule has 7 heteroatoms. The predicted molar refractivity (Wildman–Crippen MR) is 107 cm³/mol. The molecule has 4 aromatic rings. The summed E-state index contributed by atoms with van der Waals surface area (Å²) in [5, 5.41) is 23.6. The van der Waals surface area contributed by atoms with Gasteiger partial charge in [-0.05, 0) is 24.0 Å². The molecule has 0 spiro atoms. The largest absolute Gasteiger partial charge is 0.342 e. The Morgan fingerprint density at radius 2 is 2.00 bits per heavy atom. The second kappa shape index (κ2) is 7.48. The maximum atomic E-state index is 9.36. The van der Waals surface area contributed by atoms with Crippen LogP contribution in [-0.4, -0.2) is 31.9 Å². The van der Waals surface area contributed by atoms with Gasteiger partial charge in [0.1, 0.15) is 6.33 Å². The van der Waals surface area contributed by atoms with Crippen LogP contribution in [0, 0.1) is 11.3 Å². The Labute approximate surface area is 160 Å². The monoisotopic (exact) mass is 372 g/mol. The molecule has 4 rings (SSSR count). The zero-order chi connectivity index (χ0) is 18.6. The fourth-order valence-electron chi connectivity index (χ4n) is 3.02. The van der Waals surface area contributed by atoms with Crippen LogP contribution in [0.1, 0.15) is 16.7 Å². The van der Waals surface area contributed by atoms with Crippen molar-refractivity contribution in [3.8, 4) is 6.07 Å². The Morgan fingerprint density at radius 3 is 2.85 bits per heavy atom. The topological polar surface area (TPSA) is 71.8 Å². The van der Waals surface area contributed by atoms with Gasteiger partial charge >= 0.3 is 0 Å². The molecule has 0 unspecified atom stereocenters. The van der Waals surface area contributed by atoms with E-state index in [2.05, 4.69) is 44.3 Å². The van der Waals surface area contributed by atoms with Crippen LogP contribution in [0.2, 0.25) is 0 Å². The minimum absolute atomic E-state index is 0.626. The van der Waals surface area contributed by atoms with Crippen LogP contribution in [0.4, 0.5) is 0 Å². The van der Waals surface area contributed by atoms with Gasteiger partial charge in [0.25, 0.3) is 0 Å². The quantitative estimate of drug-likeness (QED) is 0.395. The molecule has 0 radical (unpaired) electrons. The first-order valence-corrected chi connectivity index (χ1v) is 9.57. The molecule has 27 heavy (non-hydrogen) atoms. The molecule has 0 amide bonds. The van der Waals surface area contributed by atoms with Crippen LogP contribution in [0.3, 0.4) is 0 Å². The fourth-order valence-corrected chi connectivity index (χ4v) is 3.43. The van der Waals surface area contributed by atoms with E-state index < -0.39 is 0 Å². The molecule has 0 saturated carbocycles. The van der Waals surface area contributed by atoms with E-state index in [0.717, 1.165) is 27.2 Å². The molecule has 132 valence electrons. The fraction of sp³-hybridized carbons (Fsp3) is 0.100. The highest BCUT2D eigenvalue weighted by atomic mass is 32.2. The number of thioether (sulfide) groups is 1. The molecule has 2 aromatic carbocycles. The second-order valence-electron chi connectivity index (χ2n) is 5.91. The third-order valence-corrected chi connectivity index (χ3v) is 4.94. The van der Waals surface area contributed by atoms with Gasteiger partial charge < -0.3 is 4.57 Å². The third kappa shape index (κ3) is 3.35. The van der Waals surface area contributed by atoms with Crippen molar-refractivity contribution >= 4 is 28.9 Å². The summed E-state index contributed by atoms with van der Waals surface area (Å²) >= 11 is 1.49. The van der Waals surface area contributed by atoms with Gasteiger partial charge in [0.05, 0.1) is 17.8 Å². The van der Waals surface area contributed by atoms with Crippen molar-refractivity contribution in [3.63, 3.8) is 0 Å². The number of fused-ring (bicyclic) bond motifs is 1. The number of aromatic nitrogens is 4. The van der Waals surface area contributed by atoms with Crippen LogP contribution in [0.5, 0.6) is 0 Å². The first-order chi connectivity index (χ1) is 13.3. The molecule has 0 aliphatic rings. The number of rotatable bonds is 5. The van der Waals surface area contributed by atoms with Gasteiger partial charge in [0.15, 0.2) is 0 Å². The lowest BCUT2D eigenvalue weighted by Crippen LogP contribution is -2.00. The van der Waals surface area contributed by atoms with Crippen LogP contribution in [0.25, 0.3) is 10.9 Å². The SMILES string of the molecule is CSc1nncn1/N=C\c1cn(Cc2ccccc2C#N)c2ccccc12. The summed E-state index contributed by atoms with van der Waals surface area (Å²) in [6.45, 7) is 0.626. The van der Waals surface area contributed by atoms with Crippen LogP contribution < -0.4 is 0 Å². The van der Waals surface area contributed by atoms with Gasteiger partial charge in [0, 0.05) is 29.2 Å². The average molecular weight is 372 g/mol. The Balaban J connectivity index is 1.74. The molecule has 0 atom stereocenters. The molecule has 2 aromatic heterocycles. The lowest BCUT2D eigenvalue weighted by atomic mass is 10.1. The maximum absolute atomic E-state index is 9.36. The van der Waals surface area contributed by atoms with Crippen molar-refractivity contribution in [2.75, 3.05) is 6.26 Å². The van der Waals surface area contributed by atoms with Gasteiger partial charge in [-0.1, -0.05) is 48.2 Å². The van der Waals surface area contributed by atoms with E-state index in [-0.39, 0.29) is 0 Å². The van der Waals surface area contributed by atoms with E-state index in [1.807, 2.05) is 48.9 Å². The first kappa shape index (κ1) is 17.1. The predicted octanol–water partition coefficient (Wildman–Crippen LogP) is 3.76. The number of nitriles is 1. The van der Waals surface area contributed by atoms with Crippen LogP contribution >= 0.6 is 11.8 Å². The number of nitrogens with zero attached hydrogens (tertiary/aromatic N) is 6. The summed E-state index contributed by atoms with van der Waals surface area (Å²) in [6, 6.07) is 18.1.